The van der Waals surface area contributed by atoms with E-state index in [0.717, 1.165) is 6.07 Å². The second kappa shape index (κ2) is 7.70. The summed E-state index contributed by atoms with van der Waals surface area (Å²) >= 11 is 5.03. The summed E-state index contributed by atoms with van der Waals surface area (Å²) in [5.74, 6) is -0.256. The maximum atomic E-state index is 13.2. The largest absolute Gasteiger partial charge is 0.418 e. The third-order valence-electron chi connectivity index (χ3n) is 3.48. The minimum atomic E-state index is -4.51. The summed E-state index contributed by atoms with van der Waals surface area (Å²) < 4.78 is 53.7. The third kappa shape index (κ3) is 5.00. The van der Waals surface area contributed by atoms with Gasteiger partial charge in [0.05, 0.1) is 17.8 Å². The van der Waals surface area contributed by atoms with Crippen molar-refractivity contribution >= 4 is 29.0 Å². The van der Waals surface area contributed by atoms with Crippen LogP contribution in [0, 0.1) is 5.82 Å². The van der Waals surface area contributed by atoms with Crippen LogP contribution in [0.1, 0.15) is 11.1 Å². The number of anilines is 2. The SMILES string of the molecule is Fc1cccc(Cn2cnc(NC(=S)Nc3ccccc3C(F)(F)F)n2)c1. The Kier molecular flexibility index (Phi) is 5.36. The maximum absolute atomic E-state index is 13.2. The van der Waals surface area contributed by atoms with Crippen LogP contribution in [0.2, 0.25) is 0 Å². The summed E-state index contributed by atoms with van der Waals surface area (Å²) in [5, 5.41) is 9.14. The monoisotopic (exact) mass is 395 g/mol. The average Bonchev–Trinajstić information content (AvgIpc) is 3.01. The zero-order valence-corrected chi connectivity index (χ0v) is 14.5. The lowest BCUT2D eigenvalue weighted by Gasteiger charge is -2.14. The van der Waals surface area contributed by atoms with Crippen molar-refractivity contribution in [2.75, 3.05) is 10.6 Å². The Balaban J connectivity index is 1.65. The molecule has 3 aromatic rings. The van der Waals surface area contributed by atoms with Crippen molar-refractivity contribution in [1.82, 2.24) is 14.8 Å². The minimum absolute atomic E-state index is 0.0878. The van der Waals surface area contributed by atoms with E-state index in [1.807, 2.05) is 0 Å². The molecule has 0 amide bonds. The van der Waals surface area contributed by atoms with Crippen LogP contribution in [0.5, 0.6) is 0 Å². The van der Waals surface area contributed by atoms with E-state index in [4.69, 9.17) is 12.2 Å². The number of alkyl halides is 3. The first kappa shape index (κ1) is 18.8. The Morgan fingerprint density at radius 3 is 2.59 bits per heavy atom. The van der Waals surface area contributed by atoms with Crippen molar-refractivity contribution in [3.05, 3.63) is 71.8 Å². The molecule has 2 N–H and O–H groups in total. The molecule has 3 rings (SSSR count). The van der Waals surface area contributed by atoms with Crippen molar-refractivity contribution in [1.29, 1.82) is 0 Å². The molecule has 0 bridgehead atoms. The highest BCUT2D eigenvalue weighted by Gasteiger charge is 2.33. The van der Waals surface area contributed by atoms with Gasteiger partial charge in [0.15, 0.2) is 5.11 Å². The zero-order chi connectivity index (χ0) is 19.4. The number of halogens is 4. The predicted molar refractivity (Wildman–Crippen MR) is 96.8 cm³/mol. The highest BCUT2D eigenvalue weighted by atomic mass is 32.1. The number of rotatable bonds is 4. The lowest BCUT2D eigenvalue weighted by Crippen LogP contribution is -2.22. The fourth-order valence-corrected chi connectivity index (χ4v) is 2.55. The standard InChI is InChI=1S/C17H13F4N5S/c18-12-5-3-4-11(8-12)9-26-10-22-15(25-26)24-16(27)23-14-7-2-1-6-13(14)17(19,20)21/h1-8,10H,9H2,(H2,23,24,25,27). The van der Waals surface area contributed by atoms with Crippen LogP contribution in [-0.2, 0) is 12.7 Å². The van der Waals surface area contributed by atoms with Gasteiger partial charge in [0.2, 0.25) is 5.95 Å². The number of thiocarbonyl (C=S) groups is 1. The van der Waals surface area contributed by atoms with Crippen LogP contribution in [0.15, 0.2) is 54.9 Å². The first-order valence-corrected chi connectivity index (χ1v) is 8.10. The number of aromatic nitrogens is 3. The molecule has 0 saturated carbocycles. The van der Waals surface area contributed by atoms with Gasteiger partial charge >= 0.3 is 6.18 Å². The molecular formula is C17H13F4N5S. The number of nitrogens with one attached hydrogen (secondary N) is 2. The predicted octanol–water partition coefficient (Wildman–Crippen LogP) is 4.29. The van der Waals surface area contributed by atoms with Crippen molar-refractivity contribution in [3.8, 4) is 0 Å². The molecule has 0 spiro atoms. The minimum Gasteiger partial charge on any atom is -0.332 e. The molecule has 0 atom stereocenters. The highest BCUT2D eigenvalue weighted by Crippen LogP contribution is 2.34. The molecule has 1 aromatic heterocycles. The molecule has 10 heteroatoms. The number of benzene rings is 2. The molecule has 0 aliphatic heterocycles. The van der Waals surface area contributed by atoms with Gasteiger partial charge < -0.3 is 5.32 Å². The van der Waals surface area contributed by atoms with Crippen LogP contribution < -0.4 is 10.6 Å². The number of hydrogen-bond acceptors (Lipinski definition) is 3. The van der Waals surface area contributed by atoms with E-state index < -0.39 is 11.7 Å². The van der Waals surface area contributed by atoms with Crippen LogP contribution >= 0.6 is 12.2 Å². The highest BCUT2D eigenvalue weighted by molar-refractivity contribution is 7.80. The number of para-hydroxylation sites is 1. The second-order valence-electron chi connectivity index (χ2n) is 5.52. The summed E-state index contributed by atoms with van der Waals surface area (Å²) in [6, 6.07) is 11.0. The fourth-order valence-electron chi connectivity index (χ4n) is 2.34. The Morgan fingerprint density at radius 2 is 1.85 bits per heavy atom. The topological polar surface area (TPSA) is 54.8 Å². The molecule has 5 nitrogen and oxygen atoms in total. The van der Waals surface area contributed by atoms with Crippen molar-refractivity contribution in [2.24, 2.45) is 0 Å². The van der Waals surface area contributed by atoms with E-state index in [-0.39, 0.29) is 29.1 Å². The van der Waals surface area contributed by atoms with E-state index in [1.165, 1.54) is 41.3 Å². The zero-order valence-electron chi connectivity index (χ0n) is 13.7. The average molecular weight is 395 g/mol. The summed E-state index contributed by atoms with van der Waals surface area (Å²) in [6.45, 7) is 0.281. The molecular weight excluding hydrogens is 382 g/mol. The van der Waals surface area contributed by atoms with Gasteiger partial charge in [-0.05, 0) is 42.0 Å². The first-order valence-electron chi connectivity index (χ1n) is 7.69. The van der Waals surface area contributed by atoms with Gasteiger partial charge in [-0.15, -0.1) is 5.10 Å². The summed E-state index contributed by atoms with van der Waals surface area (Å²) in [7, 11) is 0. The van der Waals surface area contributed by atoms with E-state index in [2.05, 4.69) is 20.7 Å². The van der Waals surface area contributed by atoms with Crippen LogP contribution in [0.3, 0.4) is 0 Å². The van der Waals surface area contributed by atoms with Gasteiger partial charge in [0.25, 0.3) is 0 Å². The number of nitrogens with zero attached hydrogens (tertiary/aromatic N) is 3. The lowest BCUT2D eigenvalue weighted by molar-refractivity contribution is -0.136. The maximum Gasteiger partial charge on any atom is 0.418 e. The van der Waals surface area contributed by atoms with E-state index in [9.17, 15) is 17.6 Å². The van der Waals surface area contributed by atoms with Gasteiger partial charge in [-0.25, -0.2) is 14.1 Å². The Morgan fingerprint density at radius 1 is 1.07 bits per heavy atom. The number of hydrogen-bond donors (Lipinski definition) is 2. The fraction of sp³-hybridized carbons (Fsp3) is 0.118. The lowest BCUT2D eigenvalue weighted by atomic mass is 10.2. The molecule has 2 aromatic carbocycles. The second-order valence-corrected chi connectivity index (χ2v) is 5.93. The van der Waals surface area contributed by atoms with E-state index in [1.54, 1.807) is 12.1 Å². The van der Waals surface area contributed by atoms with Crippen molar-refractivity contribution in [3.63, 3.8) is 0 Å². The molecule has 0 aliphatic rings. The van der Waals surface area contributed by atoms with Crippen LogP contribution in [-0.4, -0.2) is 19.9 Å². The molecule has 0 aliphatic carbocycles. The molecule has 0 fully saturated rings. The van der Waals surface area contributed by atoms with Gasteiger partial charge in [-0.3, -0.25) is 5.32 Å². The Hall–Kier alpha value is -3.01. The quantitative estimate of drug-likeness (QED) is 0.510. The van der Waals surface area contributed by atoms with Gasteiger partial charge in [-0.1, -0.05) is 24.3 Å². The van der Waals surface area contributed by atoms with E-state index >= 15 is 0 Å². The molecule has 0 saturated heterocycles. The smallest absolute Gasteiger partial charge is 0.332 e. The van der Waals surface area contributed by atoms with Crippen molar-refractivity contribution < 1.29 is 17.6 Å². The summed E-state index contributed by atoms with van der Waals surface area (Å²) in [4.78, 5) is 3.98. The third-order valence-corrected chi connectivity index (χ3v) is 3.68. The summed E-state index contributed by atoms with van der Waals surface area (Å²) in [5.41, 5.74) is -0.327. The van der Waals surface area contributed by atoms with Gasteiger partial charge in [0, 0.05) is 0 Å². The molecule has 140 valence electrons. The first-order chi connectivity index (χ1) is 12.8. The van der Waals surface area contributed by atoms with E-state index in [0.29, 0.717) is 5.56 Å². The molecule has 27 heavy (non-hydrogen) atoms. The Bertz CT molecular complexity index is 954. The molecule has 0 radical (unpaired) electrons. The Labute approximate surface area is 157 Å². The van der Waals surface area contributed by atoms with Crippen LogP contribution in [0.25, 0.3) is 0 Å². The van der Waals surface area contributed by atoms with Crippen molar-refractivity contribution in [2.45, 2.75) is 12.7 Å². The molecule has 0 unspecified atom stereocenters. The normalized spacial score (nSPS) is 11.3. The molecule has 1 heterocycles. The van der Waals surface area contributed by atoms with Gasteiger partial charge in [-0.2, -0.15) is 13.2 Å². The van der Waals surface area contributed by atoms with Gasteiger partial charge in [0.1, 0.15) is 12.1 Å². The van der Waals surface area contributed by atoms with Crippen LogP contribution in [0.4, 0.5) is 29.2 Å². The summed E-state index contributed by atoms with van der Waals surface area (Å²) in [6.07, 6.45) is -3.11.